The Labute approximate surface area is 181 Å². The maximum Gasteiger partial charge on any atom is 0.287 e. The van der Waals surface area contributed by atoms with Crippen molar-refractivity contribution in [1.29, 1.82) is 0 Å². The number of amides is 1. The van der Waals surface area contributed by atoms with Crippen LogP contribution in [0.3, 0.4) is 0 Å². The molecule has 0 atom stereocenters. The maximum atomic E-state index is 12.8. The molecule has 0 saturated heterocycles. The van der Waals surface area contributed by atoms with Gasteiger partial charge in [0.2, 0.25) is 5.84 Å². The molecule has 1 aliphatic rings. The van der Waals surface area contributed by atoms with Crippen LogP contribution in [0.4, 0.5) is 5.69 Å². The fraction of sp³-hybridized carbons (Fsp3) is 0.0833. The summed E-state index contributed by atoms with van der Waals surface area (Å²) >= 11 is 0. The highest BCUT2D eigenvalue weighted by Gasteiger charge is 2.29. The number of hydrogen-bond donors (Lipinski definition) is 2. The Morgan fingerprint density at radius 3 is 2.19 bits per heavy atom. The van der Waals surface area contributed by atoms with E-state index in [1.807, 2.05) is 60.7 Å². The Bertz CT molecular complexity index is 1260. The summed E-state index contributed by atoms with van der Waals surface area (Å²) < 4.78 is 27.4. The number of rotatable bonds is 5. The molecular weight excluding hydrogens is 410 g/mol. The van der Waals surface area contributed by atoms with E-state index < -0.39 is 15.9 Å². The second-order valence-corrected chi connectivity index (χ2v) is 8.63. The monoisotopic (exact) mass is 429 g/mol. The Hall–Kier alpha value is -3.89. The summed E-state index contributed by atoms with van der Waals surface area (Å²) in [6, 6.07) is 24.0. The smallest absolute Gasteiger partial charge is 0.287 e. The number of sulfonamides is 1. The van der Waals surface area contributed by atoms with Crippen molar-refractivity contribution in [2.24, 2.45) is 4.99 Å². The average molecular weight is 430 g/mol. The molecule has 31 heavy (non-hydrogen) atoms. The summed E-state index contributed by atoms with van der Waals surface area (Å²) in [4.78, 5) is 16.9. The lowest BCUT2D eigenvalue weighted by Crippen LogP contribution is -2.45. The van der Waals surface area contributed by atoms with Gasteiger partial charge < -0.3 is 5.32 Å². The zero-order chi connectivity index (χ0) is 21.8. The van der Waals surface area contributed by atoms with E-state index in [1.165, 1.54) is 12.1 Å². The van der Waals surface area contributed by atoms with Gasteiger partial charge in [0.1, 0.15) is 4.90 Å². The van der Waals surface area contributed by atoms with Crippen molar-refractivity contribution in [3.63, 3.8) is 0 Å². The summed E-state index contributed by atoms with van der Waals surface area (Å²) in [6.07, 6.45) is 5.35. The first kappa shape index (κ1) is 20.4. The molecule has 3 aromatic carbocycles. The molecular formula is C24H19N3O3S. The number of fused-ring (bicyclic) bond motifs is 1. The fourth-order valence-electron chi connectivity index (χ4n) is 3.41. The number of benzene rings is 3. The summed E-state index contributed by atoms with van der Waals surface area (Å²) in [6.45, 7) is 0.274. The SMILES string of the molecule is C#Cc1ccc2c(c1)S(=O)(=O)NC(C(=O)NCC(c1ccccc1)c1ccccc1)=N2. The summed E-state index contributed by atoms with van der Waals surface area (Å²) in [5, 5.41) is 2.81. The molecule has 154 valence electrons. The molecule has 0 saturated carbocycles. The van der Waals surface area contributed by atoms with Crippen molar-refractivity contribution in [1.82, 2.24) is 10.0 Å². The number of nitrogens with zero attached hydrogens (tertiary/aromatic N) is 1. The van der Waals surface area contributed by atoms with E-state index in [0.717, 1.165) is 11.1 Å². The molecule has 1 heterocycles. The third-order valence-corrected chi connectivity index (χ3v) is 6.33. The van der Waals surface area contributed by atoms with Crippen molar-refractivity contribution < 1.29 is 13.2 Å². The van der Waals surface area contributed by atoms with E-state index in [4.69, 9.17) is 6.42 Å². The van der Waals surface area contributed by atoms with E-state index >= 15 is 0 Å². The Balaban J connectivity index is 1.58. The number of carbonyl (C=O) groups is 1. The summed E-state index contributed by atoms with van der Waals surface area (Å²) in [5.74, 6) is 1.41. The minimum absolute atomic E-state index is 0.0500. The Morgan fingerprint density at radius 1 is 1.00 bits per heavy atom. The predicted molar refractivity (Wildman–Crippen MR) is 120 cm³/mol. The van der Waals surface area contributed by atoms with E-state index in [0.29, 0.717) is 5.56 Å². The van der Waals surface area contributed by atoms with Crippen LogP contribution in [0.2, 0.25) is 0 Å². The first-order valence-corrected chi connectivity index (χ1v) is 11.1. The van der Waals surface area contributed by atoms with Gasteiger partial charge in [0, 0.05) is 18.0 Å². The predicted octanol–water partition coefficient (Wildman–Crippen LogP) is 2.94. The van der Waals surface area contributed by atoms with Crippen molar-refractivity contribution in [2.75, 3.05) is 6.54 Å². The normalized spacial score (nSPS) is 14.0. The Kier molecular flexibility index (Phi) is 5.56. The number of carbonyl (C=O) groups excluding carboxylic acids is 1. The van der Waals surface area contributed by atoms with Gasteiger partial charge in [-0.2, -0.15) is 0 Å². The average Bonchev–Trinajstić information content (AvgIpc) is 2.80. The van der Waals surface area contributed by atoms with Gasteiger partial charge in [0.05, 0.1) is 5.69 Å². The first-order chi connectivity index (χ1) is 15.0. The van der Waals surface area contributed by atoms with Gasteiger partial charge in [-0.1, -0.05) is 66.6 Å². The molecule has 6 nitrogen and oxygen atoms in total. The van der Waals surface area contributed by atoms with E-state index in [9.17, 15) is 13.2 Å². The van der Waals surface area contributed by atoms with Crippen LogP contribution >= 0.6 is 0 Å². The summed E-state index contributed by atoms with van der Waals surface area (Å²) in [5.41, 5.74) is 2.66. The lowest BCUT2D eigenvalue weighted by Gasteiger charge is -2.21. The molecule has 0 aromatic heterocycles. The van der Waals surface area contributed by atoms with Crippen molar-refractivity contribution in [3.05, 3.63) is 95.6 Å². The molecule has 0 spiro atoms. The third kappa shape index (κ3) is 4.34. The van der Waals surface area contributed by atoms with Gasteiger partial charge in [0.15, 0.2) is 0 Å². The topological polar surface area (TPSA) is 87.6 Å². The molecule has 1 amide bonds. The zero-order valence-electron chi connectivity index (χ0n) is 16.4. The minimum Gasteiger partial charge on any atom is -0.348 e. The molecule has 0 unspecified atom stereocenters. The summed E-state index contributed by atoms with van der Waals surface area (Å²) in [7, 11) is -3.95. The standard InChI is InChI=1S/C24H19N3O3S/c1-2-17-13-14-21-22(15-17)31(29,30)27-23(26-21)24(28)25-16-20(18-9-5-3-6-10-18)19-11-7-4-8-12-19/h1,3-15,20H,16H2,(H,25,28)(H,26,27). The van der Waals surface area contributed by atoms with Crippen molar-refractivity contribution in [2.45, 2.75) is 10.8 Å². The van der Waals surface area contributed by atoms with Gasteiger partial charge in [-0.3, -0.25) is 9.52 Å². The van der Waals surface area contributed by atoms with Crippen LogP contribution in [-0.2, 0) is 14.8 Å². The highest BCUT2D eigenvalue weighted by Crippen LogP contribution is 2.28. The van der Waals surface area contributed by atoms with E-state index in [2.05, 4.69) is 21.0 Å². The minimum atomic E-state index is -3.95. The quantitative estimate of drug-likeness (QED) is 0.612. The largest absolute Gasteiger partial charge is 0.348 e. The highest BCUT2D eigenvalue weighted by molar-refractivity contribution is 7.90. The van der Waals surface area contributed by atoms with Crippen LogP contribution in [0.25, 0.3) is 0 Å². The highest BCUT2D eigenvalue weighted by atomic mass is 32.2. The molecule has 4 rings (SSSR count). The van der Waals surface area contributed by atoms with Crippen LogP contribution in [-0.4, -0.2) is 26.7 Å². The third-order valence-electron chi connectivity index (χ3n) is 4.96. The van der Waals surface area contributed by atoms with Gasteiger partial charge >= 0.3 is 0 Å². The van der Waals surface area contributed by atoms with Gasteiger partial charge in [-0.25, -0.2) is 13.4 Å². The molecule has 7 heteroatoms. The van der Waals surface area contributed by atoms with Crippen LogP contribution in [0.1, 0.15) is 22.6 Å². The Morgan fingerprint density at radius 2 is 1.61 bits per heavy atom. The number of amidine groups is 1. The van der Waals surface area contributed by atoms with Gasteiger partial charge in [-0.05, 0) is 29.3 Å². The maximum absolute atomic E-state index is 12.8. The molecule has 0 aliphatic carbocycles. The number of terminal acetylenes is 1. The van der Waals surface area contributed by atoms with E-state index in [-0.39, 0.29) is 28.9 Å². The van der Waals surface area contributed by atoms with Crippen LogP contribution in [0.15, 0.2) is 88.8 Å². The number of nitrogens with one attached hydrogen (secondary N) is 2. The second-order valence-electron chi connectivity index (χ2n) is 6.98. The van der Waals surface area contributed by atoms with E-state index in [1.54, 1.807) is 6.07 Å². The molecule has 1 aliphatic heterocycles. The van der Waals surface area contributed by atoms with Crippen LogP contribution < -0.4 is 10.0 Å². The molecule has 0 fully saturated rings. The first-order valence-electron chi connectivity index (χ1n) is 9.58. The molecule has 0 bridgehead atoms. The van der Waals surface area contributed by atoms with Gasteiger partial charge in [0.25, 0.3) is 15.9 Å². The number of hydrogen-bond acceptors (Lipinski definition) is 4. The van der Waals surface area contributed by atoms with Crippen LogP contribution in [0.5, 0.6) is 0 Å². The van der Waals surface area contributed by atoms with Crippen molar-refractivity contribution >= 4 is 27.5 Å². The molecule has 2 N–H and O–H groups in total. The van der Waals surface area contributed by atoms with Crippen LogP contribution in [0, 0.1) is 12.3 Å². The lowest BCUT2D eigenvalue weighted by molar-refractivity contribution is -0.115. The molecule has 0 radical (unpaired) electrons. The zero-order valence-corrected chi connectivity index (χ0v) is 17.3. The second kappa shape index (κ2) is 8.46. The van der Waals surface area contributed by atoms with Crippen molar-refractivity contribution in [3.8, 4) is 12.3 Å². The lowest BCUT2D eigenvalue weighted by atomic mass is 9.91. The molecule has 3 aromatic rings. The number of aliphatic imine (C=N–C) groups is 1. The van der Waals surface area contributed by atoms with Gasteiger partial charge in [-0.15, -0.1) is 6.42 Å². The fourth-order valence-corrected chi connectivity index (χ4v) is 4.59.